The molecule has 17 heavy (non-hydrogen) atoms. The van der Waals surface area contributed by atoms with Crippen molar-refractivity contribution < 1.29 is 13.2 Å². The van der Waals surface area contributed by atoms with E-state index in [1.807, 2.05) is 0 Å². The number of nitrogens with two attached hydrogens (primary N) is 1. The highest BCUT2D eigenvalue weighted by Crippen LogP contribution is 2.30. The van der Waals surface area contributed by atoms with Crippen LogP contribution in [-0.2, 0) is 12.7 Å². The number of aromatic nitrogens is 1. The summed E-state index contributed by atoms with van der Waals surface area (Å²) in [5.74, 6) is 0. The Bertz CT molecular complexity index is 497. The Hall–Kier alpha value is -1.75. The Morgan fingerprint density at radius 1 is 1.00 bits per heavy atom. The topological polar surface area (TPSA) is 41.8 Å². The van der Waals surface area contributed by atoms with Crippen LogP contribution in [-0.4, -0.2) is 4.98 Å². The van der Waals surface area contributed by atoms with Crippen LogP contribution in [0.15, 0.2) is 36.4 Å². The quantitative estimate of drug-likeness (QED) is 0.831. The van der Waals surface area contributed by atoms with Crippen molar-refractivity contribution in [2.24, 2.45) is 5.73 Å². The van der Waals surface area contributed by atoms with Crippen molar-refractivity contribution in [3.05, 3.63) is 47.7 Å². The molecule has 0 unspecified atom stereocenters. The van der Waals surface area contributed by atoms with Gasteiger partial charge in [-0.3, -0.25) is 0 Å². The maximum absolute atomic E-state index is 12.4. The second kappa shape index (κ2) is 4.25. The lowest BCUT2D eigenvalue weighted by molar-refractivity contribution is -0.140. The van der Waals surface area contributed by atoms with Crippen molar-refractivity contribution in [2.75, 3.05) is 0 Å². The summed E-state index contributed by atoms with van der Waals surface area (Å²) in [6.45, 7) is 0.415. The molecule has 1 aromatic carbocycles. The summed E-state index contributed by atoms with van der Waals surface area (Å²) in [6, 6.07) is 9.53. The number of hydrogen-bond donors (Lipinski definition) is 2. The van der Waals surface area contributed by atoms with Crippen LogP contribution >= 0.6 is 0 Å². The lowest BCUT2D eigenvalue weighted by Crippen LogP contribution is -2.04. The summed E-state index contributed by atoms with van der Waals surface area (Å²) in [4.78, 5) is 2.35. The van der Waals surface area contributed by atoms with E-state index in [1.165, 1.54) is 6.07 Å². The molecule has 0 bridgehead atoms. The van der Waals surface area contributed by atoms with E-state index >= 15 is 0 Å². The zero-order valence-electron chi connectivity index (χ0n) is 8.88. The molecule has 0 aliphatic heterocycles. The van der Waals surface area contributed by atoms with Gasteiger partial charge in [0.05, 0.1) is 0 Å². The van der Waals surface area contributed by atoms with Crippen molar-refractivity contribution in [2.45, 2.75) is 12.7 Å². The molecule has 0 atom stereocenters. The Balaban J connectivity index is 2.30. The first-order valence-corrected chi connectivity index (χ1v) is 5.06. The minimum atomic E-state index is -4.34. The number of aromatic amines is 1. The molecule has 0 saturated heterocycles. The van der Waals surface area contributed by atoms with Gasteiger partial charge in [0, 0.05) is 12.2 Å². The number of hydrogen-bond acceptors (Lipinski definition) is 1. The first-order valence-electron chi connectivity index (χ1n) is 5.06. The smallest absolute Gasteiger partial charge is 0.351 e. The van der Waals surface area contributed by atoms with E-state index in [9.17, 15) is 13.2 Å². The van der Waals surface area contributed by atoms with E-state index in [2.05, 4.69) is 4.98 Å². The van der Waals surface area contributed by atoms with Crippen molar-refractivity contribution in [1.29, 1.82) is 0 Å². The monoisotopic (exact) mass is 240 g/mol. The number of nitrogens with one attached hydrogen (secondary N) is 1. The Morgan fingerprint density at radius 3 is 2.12 bits per heavy atom. The molecule has 1 heterocycles. The van der Waals surface area contributed by atoms with Crippen molar-refractivity contribution in [3.63, 3.8) is 0 Å². The molecule has 3 N–H and O–H groups in total. The van der Waals surface area contributed by atoms with Crippen LogP contribution in [0.4, 0.5) is 13.2 Å². The second-order valence-corrected chi connectivity index (χ2v) is 3.68. The minimum absolute atomic E-state index is 0.415. The highest BCUT2D eigenvalue weighted by atomic mass is 19.4. The van der Waals surface area contributed by atoms with Gasteiger partial charge in [-0.15, -0.1) is 0 Å². The van der Waals surface area contributed by atoms with E-state index in [4.69, 9.17) is 5.73 Å². The fourth-order valence-electron chi connectivity index (χ4n) is 1.55. The zero-order valence-corrected chi connectivity index (χ0v) is 8.88. The van der Waals surface area contributed by atoms with Crippen LogP contribution in [0.25, 0.3) is 11.3 Å². The number of rotatable bonds is 2. The first-order chi connectivity index (χ1) is 8.00. The fourth-order valence-corrected chi connectivity index (χ4v) is 1.55. The van der Waals surface area contributed by atoms with Gasteiger partial charge in [-0.2, -0.15) is 13.2 Å². The highest BCUT2D eigenvalue weighted by molar-refractivity contribution is 5.60. The summed E-state index contributed by atoms with van der Waals surface area (Å²) < 4.78 is 37.2. The third-order valence-corrected chi connectivity index (χ3v) is 2.49. The van der Waals surface area contributed by atoms with E-state index in [0.717, 1.165) is 11.6 Å². The molecule has 0 saturated carbocycles. The molecule has 5 heteroatoms. The molecule has 0 aliphatic carbocycles. The van der Waals surface area contributed by atoms with Gasteiger partial charge in [0.15, 0.2) is 0 Å². The molecule has 2 aromatic rings. The maximum atomic E-state index is 12.4. The predicted molar refractivity (Wildman–Crippen MR) is 59.1 cm³/mol. The van der Waals surface area contributed by atoms with Gasteiger partial charge in [-0.1, -0.05) is 24.3 Å². The largest absolute Gasteiger partial charge is 0.431 e. The van der Waals surface area contributed by atoms with Gasteiger partial charge in [0.1, 0.15) is 5.69 Å². The van der Waals surface area contributed by atoms with Gasteiger partial charge in [0.2, 0.25) is 0 Å². The molecule has 0 amide bonds. The molecule has 1 aromatic heterocycles. The van der Waals surface area contributed by atoms with Crippen molar-refractivity contribution in [1.82, 2.24) is 4.98 Å². The van der Waals surface area contributed by atoms with Crippen LogP contribution in [0.3, 0.4) is 0 Å². The maximum Gasteiger partial charge on any atom is 0.431 e. The molecule has 0 spiro atoms. The highest BCUT2D eigenvalue weighted by Gasteiger charge is 2.32. The lowest BCUT2D eigenvalue weighted by atomic mass is 10.1. The van der Waals surface area contributed by atoms with Crippen molar-refractivity contribution >= 4 is 0 Å². The summed E-state index contributed by atoms with van der Waals surface area (Å²) in [6.07, 6.45) is -4.34. The van der Waals surface area contributed by atoms with Crippen LogP contribution in [0.5, 0.6) is 0 Å². The Morgan fingerprint density at radius 2 is 1.65 bits per heavy atom. The van der Waals surface area contributed by atoms with Gasteiger partial charge in [-0.05, 0) is 23.3 Å². The second-order valence-electron chi connectivity index (χ2n) is 3.68. The van der Waals surface area contributed by atoms with Crippen LogP contribution in [0, 0.1) is 0 Å². The van der Waals surface area contributed by atoms with Crippen LogP contribution in [0.2, 0.25) is 0 Å². The molecule has 2 nitrogen and oxygen atoms in total. The van der Waals surface area contributed by atoms with E-state index in [-0.39, 0.29) is 0 Å². The standard InChI is InChI=1S/C12H11F3N2/c13-12(14,15)11-6-5-10(17-11)9-3-1-8(7-16)2-4-9/h1-6,17H,7,16H2. The van der Waals surface area contributed by atoms with E-state index < -0.39 is 11.9 Å². The summed E-state index contributed by atoms with van der Waals surface area (Å²) in [7, 11) is 0. The summed E-state index contributed by atoms with van der Waals surface area (Å²) in [5.41, 5.74) is 6.80. The number of halogens is 3. The minimum Gasteiger partial charge on any atom is -0.351 e. The summed E-state index contributed by atoms with van der Waals surface area (Å²) in [5, 5.41) is 0. The van der Waals surface area contributed by atoms with Crippen LogP contribution in [0.1, 0.15) is 11.3 Å². The van der Waals surface area contributed by atoms with Gasteiger partial charge in [0.25, 0.3) is 0 Å². The van der Waals surface area contributed by atoms with Crippen LogP contribution < -0.4 is 5.73 Å². The molecule has 0 aliphatic rings. The van der Waals surface area contributed by atoms with Gasteiger partial charge < -0.3 is 10.7 Å². The number of alkyl halides is 3. The predicted octanol–water partition coefficient (Wildman–Crippen LogP) is 3.16. The fraction of sp³-hybridized carbons (Fsp3) is 0.167. The third-order valence-electron chi connectivity index (χ3n) is 2.49. The van der Waals surface area contributed by atoms with Gasteiger partial charge >= 0.3 is 6.18 Å². The van der Waals surface area contributed by atoms with Gasteiger partial charge in [-0.25, -0.2) is 0 Å². The molecular formula is C12H11F3N2. The number of H-pyrrole nitrogens is 1. The normalized spacial score (nSPS) is 11.8. The Labute approximate surface area is 96.3 Å². The average Bonchev–Trinajstić information content (AvgIpc) is 2.78. The molecule has 90 valence electrons. The molecule has 0 radical (unpaired) electrons. The van der Waals surface area contributed by atoms with E-state index in [1.54, 1.807) is 24.3 Å². The zero-order chi connectivity index (χ0) is 12.5. The first kappa shape index (κ1) is 11.7. The Kier molecular flexibility index (Phi) is 2.93. The van der Waals surface area contributed by atoms with E-state index in [0.29, 0.717) is 17.8 Å². The molecule has 0 fully saturated rings. The number of benzene rings is 1. The third kappa shape index (κ3) is 2.50. The molecule has 2 rings (SSSR count). The SMILES string of the molecule is NCc1ccc(-c2ccc(C(F)(F)F)[nH]2)cc1. The lowest BCUT2D eigenvalue weighted by Gasteiger charge is -2.03. The average molecular weight is 240 g/mol. The molecular weight excluding hydrogens is 229 g/mol. The summed E-state index contributed by atoms with van der Waals surface area (Å²) >= 11 is 0. The van der Waals surface area contributed by atoms with Crippen molar-refractivity contribution in [3.8, 4) is 11.3 Å².